The molecule has 0 aromatic rings. The molecular weight excluding hydrogens is 360 g/mol. The topological polar surface area (TPSA) is 74.6 Å². The van der Waals surface area contributed by atoms with E-state index in [0.717, 1.165) is 12.2 Å². The summed E-state index contributed by atoms with van der Waals surface area (Å²) in [6, 6.07) is 0. The second kappa shape index (κ2) is 9.23. The molecule has 0 aliphatic heterocycles. The van der Waals surface area contributed by atoms with Crippen LogP contribution in [0.15, 0.2) is 25.3 Å². The van der Waals surface area contributed by atoms with Crippen LogP contribution >= 0.6 is 0 Å². The van der Waals surface area contributed by atoms with Crippen molar-refractivity contribution in [3.05, 3.63) is 25.3 Å². The van der Waals surface area contributed by atoms with E-state index in [2.05, 4.69) is 13.2 Å². The molecule has 0 spiro atoms. The van der Waals surface area contributed by atoms with Crippen LogP contribution in [0.4, 0.5) is 35.1 Å². The molecule has 0 heterocycles. The van der Waals surface area contributed by atoms with E-state index in [1.54, 1.807) is 0 Å². The summed E-state index contributed by atoms with van der Waals surface area (Å²) in [7, 11) is 0. The molecule has 0 aliphatic carbocycles. The van der Waals surface area contributed by atoms with Crippen LogP contribution in [0.1, 0.15) is 13.8 Å². The van der Waals surface area contributed by atoms with E-state index in [-0.39, 0.29) is 0 Å². The fraction of sp³-hybridized carbons (Fsp3) is 0.500. The van der Waals surface area contributed by atoms with Crippen LogP contribution in [0, 0.1) is 0 Å². The van der Waals surface area contributed by atoms with Crippen LogP contribution < -0.4 is 0 Å². The SMILES string of the molecule is C=CC(=O)O.C=CC(=O)O.CC(F)(F)C(F)(F)C(F)(F)C(C)(F)F. The molecule has 0 unspecified atom stereocenters. The zero-order valence-electron chi connectivity index (χ0n) is 12.3. The monoisotopic (exact) mass is 374 g/mol. The first-order valence-electron chi connectivity index (χ1n) is 5.51. The van der Waals surface area contributed by atoms with Crippen LogP contribution in [0.2, 0.25) is 0 Å². The predicted octanol–water partition coefficient (Wildman–Crippen LogP) is 4.08. The number of rotatable bonds is 5. The standard InChI is InChI=1S/C6H6F8.2C3H4O2/c1-3(7,8)5(11,12)6(13,14)4(2,9)10;2*1-2-3(4)5/h1-2H3;2*2H,1H2,(H,4,5). The first-order chi connectivity index (χ1) is 10.3. The maximum Gasteiger partial charge on any atom is 0.377 e. The molecule has 0 aliphatic rings. The molecule has 24 heavy (non-hydrogen) atoms. The summed E-state index contributed by atoms with van der Waals surface area (Å²) in [6.45, 7) is 4.82. The number of carboxylic acids is 2. The van der Waals surface area contributed by atoms with Gasteiger partial charge in [-0.25, -0.2) is 9.59 Å². The second-order valence-electron chi connectivity index (χ2n) is 4.01. The highest BCUT2D eigenvalue weighted by Gasteiger charge is 2.77. The third-order valence-electron chi connectivity index (χ3n) is 1.85. The Hall–Kier alpha value is -2.14. The summed E-state index contributed by atoms with van der Waals surface area (Å²) in [5.41, 5.74) is 0. The third kappa shape index (κ3) is 8.48. The van der Waals surface area contributed by atoms with Gasteiger partial charge in [-0.15, -0.1) is 0 Å². The molecule has 0 radical (unpaired) electrons. The number of hydrogen-bond donors (Lipinski definition) is 2. The van der Waals surface area contributed by atoms with Gasteiger partial charge >= 0.3 is 35.6 Å². The van der Waals surface area contributed by atoms with E-state index in [0.29, 0.717) is 0 Å². The van der Waals surface area contributed by atoms with Gasteiger partial charge in [0.15, 0.2) is 0 Å². The number of carbonyl (C=O) groups is 2. The molecule has 0 saturated carbocycles. The summed E-state index contributed by atoms with van der Waals surface area (Å²) in [4.78, 5) is 18.5. The summed E-state index contributed by atoms with van der Waals surface area (Å²) < 4.78 is 96.7. The van der Waals surface area contributed by atoms with Gasteiger partial charge in [0, 0.05) is 26.0 Å². The molecule has 0 rings (SSSR count). The van der Waals surface area contributed by atoms with E-state index >= 15 is 0 Å². The molecule has 0 amide bonds. The van der Waals surface area contributed by atoms with Crippen LogP contribution in [0.5, 0.6) is 0 Å². The molecule has 0 saturated heterocycles. The Kier molecular flexibility index (Phi) is 10.3. The fourth-order valence-electron chi connectivity index (χ4n) is 0.551. The van der Waals surface area contributed by atoms with Gasteiger partial charge in [-0.2, -0.15) is 35.1 Å². The van der Waals surface area contributed by atoms with Gasteiger partial charge in [-0.05, 0) is 0 Å². The lowest BCUT2D eigenvalue weighted by atomic mass is 10.0. The number of hydrogen-bond acceptors (Lipinski definition) is 2. The molecule has 0 fully saturated rings. The first kappa shape index (κ1) is 26.7. The molecule has 12 heteroatoms. The molecule has 0 aromatic heterocycles. The van der Waals surface area contributed by atoms with Gasteiger partial charge in [0.2, 0.25) is 0 Å². The summed E-state index contributed by atoms with van der Waals surface area (Å²) in [5.74, 6) is -24.6. The minimum atomic E-state index is -6.10. The van der Waals surface area contributed by atoms with Crippen LogP contribution in [0.25, 0.3) is 0 Å². The third-order valence-corrected chi connectivity index (χ3v) is 1.85. The molecule has 0 atom stereocenters. The molecule has 4 nitrogen and oxygen atoms in total. The molecule has 0 bridgehead atoms. The highest BCUT2D eigenvalue weighted by Crippen LogP contribution is 2.51. The van der Waals surface area contributed by atoms with Crippen molar-refractivity contribution in [2.75, 3.05) is 0 Å². The number of halogens is 8. The molecular formula is C12H14F8O4. The summed E-state index contributed by atoms with van der Waals surface area (Å²) in [6.07, 6.45) is 1.67. The maximum atomic E-state index is 12.2. The summed E-state index contributed by atoms with van der Waals surface area (Å²) >= 11 is 0. The highest BCUT2D eigenvalue weighted by molar-refractivity contribution is 5.79. The minimum absolute atomic E-state index is 0.549. The minimum Gasteiger partial charge on any atom is -0.478 e. The zero-order chi connectivity index (χ0) is 20.6. The number of carboxylic acid groups (broad SMARTS) is 2. The Morgan fingerprint density at radius 1 is 0.708 bits per heavy atom. The maximum absolute atomic E-state index is 12.2. The van der Waals surface area contributed by atoms with Crippen molar-refractivity contribution in [3.63, 3.8) is 0 Å². The zero-order valence-corrected chi connectivity index (χ0v) is 12.3. The van der Waals surface area contributed by atoms with E-state index in [1.807, 2.05) is 0 Å². The number of alkyl halides is 8. The molecule has 142 valence electrons. The van der Waals surface area contributed by atoms with Gasteiger partial charge in [0.1, 0.15) is 0 Å². The lowest BCUT2D eigenvalue weighted by molar-refractivity contribution is -0.357. The van der Waals surface area contributed by atoms with Crippen molar-refractivity contribution in [3.8, 4) is 0 Å². The van der Waals surface area contributed by atoms with Crippen LogP contribution in [-0.4, -0.2) is 45.8 Å². The van der Waals surface area contributed by atoms with Crippen LogP contribution in [-0.2, 0) is 9.59 Å². The number of aliphatic carboxylic acids is 2. The molecule has 0 aromatic carbocycles. The average molecular weight is 374 g/mol. The van der Waals surface area contributed by atoms with Crippen molar-refractivity contribution < 1.29 is 54.9 Å². The Bertz CT molecular complexity index is 407. The fourth-order valence-corrected chi connectivity index (χ4v) is 0.551. The van der Waals surface area contributed by atoms with Gasteiger partial charge in [0.05, 0.1) is 0 Å². The van der Waals surface area contributed by atoms with Gasteiger partial charge in [0.25, 0.3) is 0 Å². The predicted molar refractivity (Wildman–Crippen MR) is 66.8 cm³/mol. The quantitative estimate of drug-likeness (QED) is 0.562. The first-order valence-corrected chi connectivity index (χ1v) is 5.51. The smallest absolute Gasteiger partial charge is 0.377 e. The van der Waals surface area contributed by atoms with Crippen molar-refractivity contribution in [1.82, 2.24) is 0 Å². The van der Waals surface area contributed by atoms with Crippen molar-refractivity contribution in [2.24, 2.45) is 0 Å². The van der Waals surface area contributed by atoms with E-state index in [4.69, 9.17) is 10.2 Å². The normalized spacial score (nSPS) is 11.9. The van der Waals surface area contributed by atoms with Crippen molar-refractivity contribution in [2.45, 2.75) is 37.5 Å². The lowest BCUT2D eigenvalue weighted by Crippen LogP contribution is -2.60. The Balaban J connectivity index is -0.000000361. The van der Waals surface area contributed by atoms with Crippen molar-refractivity contribution >= 4 is 11.9 Å². The van der Waals surface area contributed by atoms with Crippen LogP contribution in [0.3, 0.4) is 0 Å². The summed E-state index contributed by atoms with van der Waals surface area (Å²) in [5, 5.41) is 15.2. The van der Waals surface area contributed by atoms with Gasteiger partial charge in [-0.1, -0.05) is 13.2 Å². The Labute approximate surface area is 131 Å². The van der Waals surface area contributed by atoms with E-state index < -0.39 is 49.5 Å². The highest BCUT2D eigenvalue weighted by atomic mass is 19.4. The lowest BCUT2D eigenvalue weighted by Gasteiger charge is -2.33. The molecule has 2 N–H and O–H groups in total. The van der Waals surface area contributed by atoms with E-state index in [1.165, 1.54) is 0 Å². The second-order valence-corrected chi connectivity index (χ2v) is 4.01. The van der Waals surface area contributed by atoms with Gasteiger partial charge < -0.3 is 10.2 Å². The average Bonchev–Trinajstić information content (AvgIpc) is 2.37. The largest absolute Gasteiger partial charge is 0.478 e. The van der Waals surface area contributed by atoms with E-state index in [9.17, 15) is 44.7 Å². The Morgan fingerprint density at radius 2 is 0.833 bits per heavy atom. The van der Waals surface area contributed by atoms with Gasteiger partial charge in [-0.3, -0.25) is 0 Å². The van der Waals surface area contributed by atoms with Crippen molar-refractivity contribution in [1.29, 1.82) is 0 Å². The Morgan fingerprint density at radius 3 is 0.875 bits per heavy atom.